The summed E-state index contributed by atoms with van der Waals surface area (Å²) in [5, 5.41) is 11.0. The SMILES string of the molecule is Cc1ccc2c(c1)oc(=O)n2C1CCN(CCCCN2C(=O)c3cc([N+](=O)[O-])ccc3S2(=O)=O)CC1. The van der Waals surface area contributed by atoms with Crippen LogP contribution in [-0.4, -0.2) is 59.2 Å². The van der Waals surface area contributed by atoms with Crippen LogP contribution in [0.4, 0.5) is 5.69 Å². The fourth-order valence-electron chi connectivity index (χ4n) is 5.09. The van der Waals surface area contributed by atoms with Gasteiger partial charge in [0, 0.05) is 37.8 Å². The Labute approximate surface area is 207 Å². The average Bonchev–Trinajstić information content (AvgIpc) is 3.26. The van der Waals surface area contributed by atoms with Crippen molar-refractivity contribution < 1.29 is 22.6 Å². The van der Waals surface area contributed by atoms with Crippen molar-refractivity contribution in [1.29, 1.82) is 0 Å². The fourth-order valence-corrected chi connectivity index (χ4v) is 6.68. The van der Waals surface area contributed by atoms with Gasteiger partial charge < -0.3 is 9.32 Å². The number of non-ortho nitro benzene ring substituents is 1. The lowest BCUT2D eigenvalue weighted by Crippen LogP contribution is -2.37. The predicted molar refractivity (Wildman–Crippen MR) is 130 cm³/mol. The molecule has 0 aliphatic carbocycles. The molecule has 12 heteroatoms. The third-order valence-electron chi connectivity index (χ3n) is 6.98. The zero-order chi connectivity index (χ0) is 25.6. The molecule has 5 rings (SSSR count). The predicted octanol–water partition coefficient (Wildman–Crippen LogP) is 3.07. The maximum Gasteiger partial charge on any atom is 0.420 e. The fraction of sp³-hybridized carbons (Fsp3) is 0.417. The number of carbonyl (C=O) groups excluding carboxylic acids is 1. The molecule has 190 valence electrons. The van der Waals surface area contributed by atoms with E-state index < -0.39 is 20.9 Å². The number of carbonyl (C=O) groups is 1. The van der Waals surface area contributed by atoms with Gasteiger partial charge in [0.25, 0.3) is 21.6 Å². The lowest BCUT2D eigenvalue weighted by Gasteiger charge is -2.32. The van der Waals surface area contributed by atoms with Gasteiger partial charge in [-0.3, -0.25) is 19.5 Å². The second kappa shape index (κ2) is 9.17. The number of rotatable bonds is 7. The van der Waals surface area contributed by atoms with Crippen molar-refractivity contribution in [3.8, 4) is 0 Å². The Hall–Kier alpha value is -3.51. The van der Waals surface area contributed by atoms with E-state index in [0.717, 1.165) is 66.1 Å². The first-order valence-electron chi connectivity index (χ1n) is 11.9. The first-order chi connectivity index (χ1) is 17.2. The van der Waals surface area contributed by atoms with Crippen LogP contribution in [0.15, 0.2) is 50.5 Å². The van der Waals surface area contributed by atoms with Gasteiger partial charge in [-0.2, -0.15) is 0 Å². The number of nitrogens with zero attached hydrogens (tertiary/aromatic N) is 4. The normalized spacial score (nSPS) is 18.1. The molecule has 11 nitrogen and oxygen atoms in total. The molecule has 0 N–H and O–H groups in total. The number of fused-ring (bicyclic) bond motifs is 2. The summed E-state index contributed by atoms with van der Waals surface area (Å²) in [6.07, 6.45) is 2.77. The number of unbranched alkanes of at least 4 members (excludes halogenated alkanes) is 1. The number of benzene rings is 2. The summed E-state index contributed by atoms with van der Waals surface area (Å²) >= 11 is 0. The monoisotopic (exact) mass is 514 g/mol. The first-order valence-corrected chi connectivity index (χ1v) is 13.3. The lowest BCUT2D eigenvalue weighted by molar-refractivity contribution is -0.384. The third kappa shape index (κ3) is 4.20. The van der Waals surface area contributed by atoms with E-state index in [9.17, 15) is 28.1 Å². The number of nitro benzene ring substituents is 1. The molecule has 3 aromatic rings. The number of aromatic nitrogens is 1. The van der Waals surface area contributed by atoms with E-state index in [-0.39, 0.29) is 34.5 Å². The Morgan fingerprint density at radius 1 is 1.06 bits per heavy atom. The third-order valence-corrected chi connectivity index (χ3v) is 8.82. The Morgan fingerprint density at radius 2 is 1.78 bits per heavy atom. The van der Waals surface area contributed by atoms with E-state index in [1.54, 1.807) is 4.57 Å². The van der Waals surface area contributed by atoms with E-state index in [1.165, 1.54) is 0 Å². The van der Waals surface area contributed by atoms with Crippen LogP contribution in [0.1, 0.15) is 47.6 Å². The minimum Gasteiger partial charge on any atom is -0.408 e. The minimum atomic E-state index is -3.99. The zero-order valence-electron chi connectivity index (χ0n) is 19.8. The van der Waals surface area contributed by atoms with Crippen molar-refractivity contribution in [3.05, 3.63) is 68.2 Å². The number of hydrogen-bond acceptors (Lipinski definition) is 8. The molecule has 2 aliphatic rings. The first kappa shape index (κ1) is 24.2. The molecule has 0 saturated carbocycles. The van der Waals surface area contributed by atoms with E-state index in [2.05, 4.69) is 4.90 Å². The van der Waals surface area contributed by atoms with Gasteiger partial charge in [0.2, 0.25) is 0 Å². The molecule has 36 heavy (non-hydrogen) atoms. The average molecular weight is 515 g/mol. The molecule has 2 aliphatic heterocycles. The van der Waals surface area contributed by atoms with Crippen molar-refractivity contribution in [2.24, 2.45) is 0 Å². The van der Waals surface area contributed by atoms with E-state index in [1.807, 2.05) is 25.1 Å². The van der Waals surface area contributed by atoms with Crippen molar-refractivity contribution in [2.75, 3.05) is 26.2 Å². The zero-order valence-corrected chi connectivity index (χ0v) is 20.6. The number of hydrogen-bond donors (Lipinski definition) is 0. The molecule has 3 heterocycles. The van der Waals surface area contributed by atoms with Crippen LogP contribution in [-0.2, 0) is 10.0 Å². The maximum atomic E-state index is 12.7. The lowest BCUT2D eigenvalue weighted by atomic mass is 10.0. The number of likely N-dealkylation sites (tertiary alicyclic amines) is 1. The summed E-state index contributed by atoms with van der Waals surface area (Å²) in [6, 6.07) is 9.06. The number of sulfonamides is 1. The molecular weight excluding hydrogens is 488 g/mol. The van der Waals surface area contributed by atoms with Gasteiger partial charge in [-0.05, 0) is 62.9 Å². The summed E-state index contributed by atoms with van der Waals surface area (Å²) in [6.45, 7) is 4.32. The van der Waals surface area contributed by atoms with Gasteiger partial charge in [0.1, 0.15) is 4.90 Å². The summed E-state index contributed by atoms with van der Waals surface area (Å²) in [4.78, 5) is 37.5. The van der Waals surface area contributed by atoms with Crippen LogP contribution >= 0.6 is 0 Å². The van der Waals surface area contributed by atoms with Gasteiger partial charge in [0.15, 0.2) is 5.58 Å². The van der Waals surface area contributed by atoms with E-state index in [4.69, 9.17) is 4.42 Å². The van der Waals surface area contributed by atoms with Crippen LogP contribution in [0.25, 0.3) is 11.1 Å². The molecular formula is C24H26N4O7S. The van der Waals surface area contributed by atoms with Crippen molar-refractivity contribution in [1.82, 2.24) is 13.8 Å². The van der Waals surface area contributed by atoms with Gasteiger partial charge >= 0.3 is 5.76 Å². The molecule has 1 fully saturated rings. The topological polar surface area (TPSA) is 136 Å². The highest BCUT2D eigenvalue weighted by atomic mass is 32.2. The summed E-state index contributed by atoms with van der Waals surface area (Å²) in [5.74, 6) is -1.06. The van der Waals surface area contributed by atoms with Crippen LogP contribution in [0.5, 0.6) is 0 Å². The molecule has 0 spiro atoms. The number of nitro groups is 1. The summed E-state index contributed by atoms with van der Waals surface area (Å²) < 4.78 is 33.5. The molecule has 1 saturated heterocycles. The van der Waals surface area contributed by atoms with Crippen molar-refractivity contribution in [3.63, 3.8) is 0 Å². The van der Waals surface area contributed by atoms with Crippen LogP contribution < -0.4 is 5.76 Å². The molecule has 0 atom stereocenters. The van der Waals surface area contributed by atoms with E-state index >= 15 is 0 Å². The van der Waals surface area contributed by atoms with Gasteiger partial charge in [-0.25, -0.2) is 17.5 Å². The van der Waals surface area contributed by atoms with Gasteiger partial charge in [-0.15, -0.1) is 0 Å². The number of aryl methyl sites for hydroxylation is 1. The van der Waals surface area contributed by atoms with E-state index in [0.29, 0.717) is 18.4 Å². The number of amides is 1. The highest BCUT2D eigenvalue weighted by Crippen LogP contribution is 2.33. The highest BCUT2D eigenvalue weighted by Gasteiger charge is 2.41. The molecule has 1 amide bonds. The number of piperidine rings is 1. The highest BCUT2D eigenvalue weighted by molar-refractivity contribution is 7.90. The maximum absolute atomic E-state index is 12.7. The van der Waals surface area contributed by atoms with Gasteiger partial charge in [0.05, 0.1) is 16.0 Å². The van der Waals surface area contributed by atoms with Crippen LogP contribution in [0, 0.1) is 17.0 Å². The molecule has 2 aromatic carbocycles. The standard InChI is InChI=1S/C24H26N4O7S/c1-16-4-6-20-21(14-16)35-24(30)27(20)17-8-12-25(13-9-17)10-2-3-11-26-23(29)19-15-18(28(31)32)5-7-22(19)36(26,33)34/h4-7,14-15,17H,2-3,8-13H2,1H3. The molecule has 0 radical (unpaired) electrons. The molecule has 1 aromatic heterocycles. The Morgan fingerprint density at radius 3 is 2.50 bits per heavy atom. The van der Waals surface area contributed by atoms with Crippen LogP contribution in [0.3, 0.4) is 0 Å². The second-order valence-electron chi connectivity index (χ2n) is 9.31. The Bertz CT molecular complexity index is 1520. The van der Waals surface area contributed by atoms with Crippen LogP contribution in [0.2, 0.25) is 0 Å². The van der Waals surface area contributed by atoms with Crippen molar-refractivity contribution in [2.45, 2.75) is 43.5 Å². The van der Waals surface area contributed by atoms with Crippen molar-refractivity contribution >= 4 is 32.7 Å². The number of oxazole rings is 1. The molecule has 0 bridgehead atoms. The Balaban J connectivity index is 1.14. The molecule has 0 unspecified atom stereocenters. The van der Waals surface area contributed by atoms with Gasteiger partial charge in [-0.1, -0.05) is 6.07 Å². The summed E-state index contributed by atoms with van der Waals surface area (Å²) in [7, 11) is -3.99. The largest absolute Gasteiger partial charge is 0.420 e. The quantitative estimate of drug-likeness (QED) is 0.267. The summed E-state index contributed by atoms with van der Waals surface area (Å²) in [5.41, 5.74) is 1.98. The Kier molecular flexibility index (Phi) is 6.17. The minimum absolute atomic E-state index is 0.0237. The smallest absolute Gasteiger partial charge is 0.408 e. The second-order valence-corrected chi connectivity index (χ2v) is 11.1.